The molecule has 0 aliphatic carbocycles. The van der Waals surface area contributed by atoms with Gasteiger partial charge >= 0.3 is 0 Å². The molecule has 0 saturated heterocycles. The summed E-state index contributed by atoms with van der Waals surface area (Å²) in [6.07, 6.45) is 0. The molecule has 20 heavy (non-hydrogen) atoms. The number of rotatable bonds is 7. The lowest BCUT2D eigenvalue weighted by molar-refractivity contribution is 0.183. The second kappa shape index (κ2) is 7.68. The van der Waals surface area contributed by atoms with Crippen molar-refractivity contribution in [1.82, 2.24) is 4.90 Å². The van der Waals surface area contributed by atoms with E-state index in [-0.39, 0.29) is 6.61 Å². The molecule has 106 valence electrons. The first-order valence-electron chi connectivity index (χ1n) is 6.82. The van der Waals surface area contributed by atoms with Crippen molar-refractivity contribution < 1.29 is 9.84 Å². The molecule has 3 nitrogen and oxygen atoms in total. The van der Waals surface area contributed by atoms with E-state index in [1.54, 1.807) is 7.11 Å². The van der Waals surface area contributed by atoms with Crippen LogP contribution in [0.2, 0.25) is 0 Å². The Morgan fingerprint density at radius 1 is 0.950 bits per heavy atom. The van der Waals surface area contributed by atoms with Crippen LogP contribution in [0.3, 0.4) is 0 Å². The van der Waals surface area contributed by atoms with Gasteiger partial charge in [0.25, 0.3) is 0 Å². The summed E-state index contributed by atoms with van der Waals surface area (Å²) in [4.78, 5) is 2.22. The molecule has 0 unspecified atom stereocenters. The van der Waals surface area contributed by atoms with E-state index in [1.807, 2.05) is 36.4 Å². The van der Waals surface area contributed by atoms with Gasteiger partial charge in [0, 0.05) is 25.2 Å². The van der Waals surface area contributed by atoms with Crippen molar-refractivity contribution >= 4 is 0 Å². The number of nitrogens with zero attached hydrogens (tertiary/aromatic N) is 1. The van der Waals surface area contributed by atoms with Gasteiger partial charge in [0.1, 0.15) is 5.75 Å². The Hall–Kier alpha value is -1.84. The molecule has 1 N–H and O–H groups in total. The van der Waals surface area contributed by atoms with Crippen molar-refractivity contribution in [2.75, 3.05) is 20.3 Å². The number of ether oxygens (including phenoxy) is 1. The van der Waals surface area contributed by atoms with Crippen LogP contribution in [-0.2, 0) is 13.1 Å². The summed E-state index contributed by atoms with van der Waals surface area (Å²) in [5, 5.41) is 9.25. The third kappa shape index (κ3) is 4.08. The number of aliphatic hydroxyl groups is 1. The third-order valence-corrected chi connectivity index (χ3v) is 3.25. The number of hydrogen-bond acceptors (Lipinski definition) is 3. The Morgan fingerprint density at radius 2 is 1.65 bits per heavy atom. The standard InChI is InChI=1S/C17H21NO2/c1-20-17-10-6-5-9-16(17)14-18(11-12-19)13-15-7-3-2-4-8-15/h2-10,19H,11-14H2,1H3. The fraction of sp³-hybridized carbons (Fsp3) is 0.294. The van der Waals surface area contributed by atoms with Crippen LogP contribution < -0.4 is 4.74 Å². The monoisotopic (exact) mass is 271 g/mol. The lowest BCUT2D eigenvalue weighted by Gasteiger charge is -2.22. The quantitative estimate of drug-likeness (QED) is 0.840. The zero-order chi connectivity index (χ0) is 14.2. The van der Waals surface area contributed by atoms with Gasteiger partial charge in [-0.25, -0.2) is 0 Å². The van der Waals surface area contributed by atoms with Gasteiger partial charge in [-0.1, -0.05) is 48.5 Å². The largest absolute Gasteiger partial charge is 0.496 e. The first kappa shape index (κ1) is 14.6. The summed E-state index contributed by atoms with van der Waals surface area (Å²) in [6, 6.07) is 18.3. The van der Waals surface area contributed by atoms with Gasteiger partial charge in [0.05, 0.1) is 13.7 Å². The van der Waals surface area contributed by atoms with Crippen LogP contribution in [0.1, 0.15) is 11.1 Å². The molecular formula is C17H21NO2. The van der Waals surface area contributed by atoms with Crippen molar-refractivity contribution in [3.05, 3.63) is 65.7 Å². The smallest absolute Gasteiger partial charge is 0.123 e. The minimum atomic E-state index is 0.155. The van der Waals surface area contributed by atoms with Gasteiger partial charge in [-0.2, -0.15) is 0 Å². The Balaban J connectivity index is 2.09. The summed E-state index contributed by atoms with van der Waals surface area (Å²) in [5.41, 5.74) is 2.38. The maximum absolute atomic E-state index is 9.25. The number of benzene rings is 2. The second-order valence-corrected chi connectivity index (χ2v) is 4.73. The van der Waals surface area contributed by atoms with E-state index in [4.69, 9.17) is 4.74 Å². The molecule has 3 heteroatoms. The average molecular weight is 271 g/mol. The maximum atomic E-state index is 9.25. The molecule has 2 aromatic rings. The van der Waals surface area contributed by atoms with Gasteiger partial charge in [0.2, 0.25) is 0 Å². The topological polar surface area (TPSA) is 32.7 Å². The molecule has 0 amide bonds. The van der Waals surface area contributed by atoms with Crippen LogP contribution in [0.15, 0.2) is 54.6 Å². The number of methoxy groups -OCH3 is 1. The molecule has 0 fully saturated rings. The number of aliphatic hydroxyl groups excluding tert-OH is 1. The molecular weight excluding hydrogens is 250 g/mol. The van der Waals surface area contributed by atoms with Gasteiger partial charge in [-0.3, -0.25) is 4.90 Å². The predicted octanol–water partition coefficient (Wildman–Crippen LogP) is 2.69. The van der Waals surface area contributed by atoms with E-state index >= 15 is 0 Å². The fourth-order valence-corrected chi connectivity index (χ4v) is 2.27. The Morgan fingerprint density at radius 3 is 2.35 bits per heavy atom. The van der Waals surface area contributed by atoms with E-state index < -0.39 is 0 Å². The van der Waals surface area contributed by atoms with Crippen LogP contribution in [-0.4, -0.2) is 30.3 Å². The molecule has 0 radical (unpaired) electrons. The summed E-state index contributed by atoms with van der Waals surface area (Å²) in [7, 11) is 1.69. The van der Waals surface area contributed by atoms with E-state index in [0.717, 1.165) is 24.4 Å². The Bertz CT molecular complexity index is 513. The zero-order valence-corrected chi connectivity index (χ0v) is 11.8. The summed E-state index contributed by atoms with van der Waals surface area (Å²) in [6.45, 7) is 2.38. The maximum Gasteiger partial charge on any atom is 0.123 e. The second-order valence-electron chi connectivity index (χ2n) is 4.73. The highest BCUT2D eigenvalue weighted by atomic mass is 16.5. The highest BCUT2D eigenvalue weighted by Gasteiger charge is 2.09. The van der Waals surface area contributed by atoms with E-state index in [1.165, 1.54) is 5.56 Å². The first-order valence-corrected chi connectivity index (χ1v) is 6.82. The van der Waals surface area contributed by atoms with Gasteiger partial charge in [-0.05, 0) is 11.6 Å². The molecule has 0 aliphatic rings. The van der Waals surface area contributed by atoms with E-state index in [0.29, 0.717) is 6.54 Å². The molecule has 2 aromatic carbocycles. The molecule has 0 aromatic heterocycles. The van der Waals surface area contributed by atoms with Crippen LogP contribution in [0.25, 0.3) is 0 Å². The summed E-state index contributed by atoms with van der Waals surface area (Å²) < 4.78 is 5.39. The number of para-hydroxylation sites is 1. The lowest BCUT2D eigenvalue weighted by Crippen LogP contribution is -2.26. The highest BCUT2D eigenvalue weighted by Crippen LogP contribution is 2.20. The average Bonchev–Trinajstić information content (AvgIpc) is 2.49. The van der Waals surface area contributed by atoms with E-state index in [2.05, 4.69) is 23.1 Å². The third-order valence-electron chi connectivity index (χ3n) is 3.25. The summed E-state index contributed by atoms with van der Waals surface area (Å²) in [5.74, 6) is 0.892. The van der Waals surface area contributed by atoms with Gasteiger partial charge < -0.3 is 9.84 Å². The molecule has 0 spiro atoms. The molecule has 0 aliphatic heterocycles. The Kier molecular flexibility index (Phi) is 5.59. The fourth-order valence-electron chi connectivity index (χ4n) is 2.27. The molecule has 0 atom stereocenters. The van der Waals surface area contributed by atoms with Crippen molar-refractivity contribution in [3.8, 4) is 5.75 Å². The molecule has 0 heterocycles. The van der Waals surface area contributed by atoms with Crippen LogP contribution in [0, 0.1) is 0 Å². The van der Waals surface area contributed by atoms with Gasteiger partial charge in [-0.15, -0.1) is 0 Å². The minimum Gasteiger partial charge on any atom is -0.496 e. The highest BCUT2D eigenvalue weighted by molar-refractivity contribution is 5.33. The van der Waals surface area contributed by atoms with Crippen LogP contribution in [0.4, 0.5) is 0 Å². The summed E-state index contributed by atoms with van der Waals surface area (Å²) >= 11 is 0. The van der Waals surface area contributed by atoms with Crippen LogP contribution in [0.5, 0.6) is 5.75 Å². The SMILES string of the molecule is COc1ccccc1CN(CCO)Cc1ccccc1. The normalized spacial score (nSPS) is 10.8. The van der Waals surface area contributed by atoms with Gasteiger partial charge in [0.15, 0.2) is 0 Å². The Labute approximate surface area is 120 Å². The van der Waals surface area contributed by atoms with Crippen LogP contribution >= 0.6 is 0 Å². The molecule has 0 bridgehead atoms. The number of hydrogen-bond donors (Lipinski definition) is 1. The van der Waals surface area contributed by atoms with Crippen molar-refractivity contribution in [3.63, 3.8) is 0 Å². The van der Waals surface area contributed by atoms with E-state index in [9.17, 15) is 5.11 Å². The zero-order valence-electron chi connectivity index (χ0n) is 11.8. The molecule has 2 rings (SSSR count). The minimum absolute atomic E-state index is 0.155. The molecule has 0 saturated carbocycles. The first-order chi connectivity index (χ1) is 9.83. The van der Waals surface area contributed by atoms with Crippen molar-refractivity contribution in [2.24, 2.45) is 0 Å². The van der Waals surface area contributed by atoms with Crippen molar-refractivity contribution in [1.29, 1.82) is 0 Å². The predicted molar refractivity (Wildman–Crippen MR) is 80.6 cm³/mol. The van der Waals surface area contributed by atoms with Crippen molar-refractivity contribution in [2.45, 2.75) is 13.1 Å². The lowest BCUT2D eigenvalue weighted by atomic mass is 10.1.